The van der Waals surface area contributed by atoms with Crippen molar-refractivity contribution >= 4 is 23.6 Å². The van der Waals surface area contributed by atoms with Crippen LogP contribution in [-0.4, -0.2) is 64.0 Å². The Balaban J connectivity index is 1.20. The Kier molecular flexibility index (Phi) is 8.57. The van der Waals surface area contributed by atoms with E-state index in [0.717, 1.165) is 25.7 Å². The van der Waals surface area contributed by atoms with Gasteiger partial charge in [-0.15, -0.1) is 10.2 Å². The third-order valence-electron chi connectivity index (χ3n) is 6.33. The summed E-state index contributed by atoms with van der Waals surface area (Å²) in [6, 6.07) is 10.3. The second kappa shape index (κ2) is 11.9. The van der Waals surface area contributed by atoms with Gasteiger partial charge in [0.05, 0.1) is 23.2 Å². The van der Waals surface area contributed by atoms with Crippen LogP contribution in [0.1, 0.15) is 68.9 Å². The highest BCUT2D eigenvalue weighted by Crippen LogP contribution is 2.27. The van der Waals surface area contributed by atoms with Crippen molar-refractivity contribution in [1.82, 2.24) is 20.4 Å². The SMILES string of the molecule is CC(C)(C)OC(=O)N1CC[C@H](Oc2ccc(C(=O)NC3CCC(Oc4ccc(C#N)c(Cl)c4)CC3)nn2)C1. The molecule has 10 nitrogen and oxygen atoms in total. The number of carbonyl (C=O) groups is 2. The lowest BCUT2D eigenvalue weighted by Crippen LogP contribution is -2.40. The molecule has 1 N–H and O–H groups in total. The van der Waals surface area contributed by atoms with Gasteiger partial charge in [-0.3, -0.25) is 4.79 Å². The highest BCUT2D eigenvalue weighted by atomic mass is 35.5. The minimum atomic E-state index is -0.550. The Morgan fingerprint density at radius 1 is 1.05 bits per heavy atom. The van der Waals surface area contributed by atoms with Gasteiger partial charge < -0.3 is 24.4 Å². The first kappa shape index (κ1) is 27.5. The van der Waals surface area contributed by atoms with E-state index in [4.69, 9.17) is 31.1 Å². The second-order valence-corrected chi connectivity index (χ2v) is 10.9. The summed E-state index contributed by atoms with van der Waals surface area (Å²) in [7, 11) is 0. The Bertz CT molecular complexity index is 1190. The van der Waals surface area contributed by atoms with Gasteiger partial charge in [0.25, 0.3) is 5.91 Å². The van der Waals surface area contributed by atoms with Crippen LogP contribution in [0.2, 0.25) is 5.02 Å². The molecule has 2 fully saturated rings. The van der Waals surface area contributed by atoms with Gasteiger partial charge in [-0.25, -0.2) is 4.79 Å². The lowest BCUT2D eigenvalue weighted by Gasteiger charge is -2.29. The van der Waals surface area contributed by atoms with E-state index in [2.05, 4.69) is 15.5 Å². The van der Waals surface area contributed by atoms with Crippen molar-refractivity contribution in [2.45, 2.75) is 76.7 Å². The van der Waals surface area contributed by atoms with Gasteiger partial charge in [0.1, 0.15) is 23.5 Å². The van der Waals surface area contributed by atoms with Gasteiger partial charge in [0.15, 0.2) is 5.69 Å². The Labute approximate surface area is 227 Å². The van der Waals surface area contributed by atoms with Crippen LogP contribution in [0.25, 0.3) is 0 Å². The third kappa shape index (κ3) is 7.48. The van der Waals surface area contributed by atoms with Crippen LogP contribution in [0, 0.1) is 11.3 Å². The van der Waals surface area contributed by atoms with Crippen molar-refractivity contribution < 1.29 is 23.8 Å². The van der Waals surface area contributed by atoms with E-state index in [1.807, 2.05) is 26.8 Å². The van der Waals surface area contributed by atoms with Crippen LogP contribution < -0.4 is 14.8 Å². The van der Waals surface area contributed by atoms with Crippen LogP contribution in [0.5, 0.6) is 11.6 Å². The number of rotatable bonds is 6. The van der Waals surface area contributed by atoms with Crippen molar-refractivity contribution in [3.63, 3.8) is 0 Å². The van der Waals surface area contributed by atoms with Crippen LogP contribution >= 0.6 is 11.6 Å². The normalized spacial score (nSPS) is 21.3. The molecule has 2 aliphatic rings. The van der Waals surface area contributed by atoms with E-state index in [9.17, 15) is 9.59 Å². The van der Waals surface area contributed by atoms with Crippen molar-refractivity contribution in [2.24, 2.45) is 0 Å². The molecule has 2 heterocycles. The molecule has 38 heavy (non-hydrogen) atoms. The predicted octanol–water partition coefficient (Wildman–Crippen LogP) is 4.51. The molecule has 0 unspecified atom stereocenters. The molecule has 2 amide bonds. The number of carbonyl (C=O) groups excluding carboxylic acids is 2. The molecule has 1 saturated heterocycles. The van der Waals surface area contributed by atoms with Gasteiger partial charge in [0, 0.05) is 31.1 Å². The fraction of sp³-hybridized carbons (Fsp3) is 0.519. The van der Waals surface area contributed by atoms with E-state index in [1.165, 1.54) is 0 Å². The van der Waals surface area contributed by atoms with Gasteiger partial charge >= 0.3 is 6.09 Å². The molecule has 2 aromatic rings. The Morgan fingerprint density at radius 3 is 2.45 bits per heavy atom. The molecule has 0 spiro atoms. The average Bonchev–Trinajstić information content (AvgIpc) is 3.33. The number of halogens is 1. The Morgan fingerprint density at radius 2 is 1.82 bits per heavy atom. The van der Waals surface area contributed by atoms with Crippen molar-refractivity contribution in [1.29, 1.82) is 5.26 Å². The maximum atomic E-state index is 12.7. The van der Waals surface area contributed by atoms with Gasteiger partial charge in [-0.05, 0) is 64.7 Å². The van der Waals surface area contributed by atoms with Crippen LogP contribution in [0.3, 0.4) is 0 Å². The molecule has 202 valence electrons. The lowest BCUT2D eigenvalue weighted by molar-refractivity contribution is 0.0274. The standard InChI is InChI=1S/C27H32ClN5O5/c1-27(2,3)38-26(35)33-13-12-21(16-33)37-24-11-10-23(31-32-24)25(34)30-18-5-8-19(9-6-18)36-20-7-4-17(15-29)22(28)14-20/h4,7,10-11,14,18-19,21H,5-6,8-9,12-13,16H2,1-3H3,(H,30,34)/t18?,19?,21-/m0/s1. The zero-order chi connectivity index (χ0) is 27.3. The predicted molar refractivity (Wildman–Crippen MR) is 139 cm³/mol. The molecule has 1 saturated carbocycles. The molecule has 1 aromatic heterocycles. The number of hydrogen-bond donors (Lipinski definition) is 1. The fourth-order valence-electron chi connectivity index (χ4n) is 4.43. The lowest BCUT2D eigenvalue weighted by atomic mass is 9.93. The number of hydrogen-bond acceptors (Lipinski definition) is 8. The van der Waals surface area contributed by atoms with Gasteiger partial charge in [-0.2, -0.15) is 5.26 Å². The summed E-state index contributed by atoms with van der Waals surface area (Å²) in [5.74, 6) is 0.650. The molecule has 4 rings (SSSR count). The molecule has 0 radical (unpaired) electrons. The van der Waals surface area contributed by atoms with E-state index in [-0.39, 0.29) is 35.9 Å². The van der Waals surface area contributed by atoms with Crippen LogP contribution in [0.15, 0.2) is 30.3 Å². The average molecular weight is 542 g/mol. The topological polar surface area (TPSA) is 127 Å². The number of amides is 2. The van der Waals surface area contributed by atoms with E-state index >= 15 is 0 Å². The monoisotopic (exact) mass is 541 g/mol. The number of nitrogens with zero attached hydrogens (tertiary/aromatic N) is 4. The highest BCUT2D eigenvalue weighted by molar-refractivity contribution is 6.31. The number of nitriles is 1. The van der Waals surface area contributed by atoms with Crippen LogP contribution in [-0.2, 0) is 4.74 Å². The van der Waals surface area contributed by atoms with Crippen LogP contribution in [0.4, 0.5) is 4.79 Å². The minimum absolute atomic E-state index is 0.0157. The van der Waals surface area contributed by atoms with Crippen molar-refractivity contribution in [3.05, 3.63) is 46.6 Å². The largest absolute Gasteiger partial charge is 0.490 e. The maximum Gasteiger partial charge on any atom is 0.410 e. The number of nitrogens with one attached hydrogen (secondary N) is 1. The van der Waals surface area contributed by atoms with Gasteiger partial charge in [-0.1, -0.05) is 11.6 Å². The smallest absolute Gasteiger partial charge is 0.410 e. The quantitative estimate of drug-likeness (QED) is 0.566. The molecular weight excluding hydrogens is 510 g/mol. The summed E-state index contributed by atoms with van der Waals surface area (Å²) in [6.45, 7) is 6.44. The first-order chi connectivity index (χ1) is 18.1. The molecule has 1 atom stereocenters. The molecule has 1 aliphatic carbocycles. The molecular formula is C27H32ClN5O5. The first-order valence-corrected chi connectivity index (χ1v) is 13.1. The maximum absolute atomic E-state index is 12.7. The summed E-state index contributed by atoms with van der Waals surface area (Å²) in [5.41, 5.74) is 0.0765. The third-order valence-corrected chi connectivity index (χ3v) is 6.64. The number of aromatic nitrogens is 2. The summed E-state index contributed by atoms with van der Waals surface area (Å²) in [6.07, 6.45) is 3.20. The Hall–Kier alpha value is -3.58. The highest BCUT2D eigenvalue weighted by Gasteiger charge is 2.31. The number of ether oxygens (including phenoxy) is 3. The zero-order valence-corrected chi connectivity index (χ0v) is 22.5. The summed E-state index contributed by atoms with van der Waals surface area (Å²) in [4.78, 5) is 26.5. The first-order valence-electron chi connectivity index (χ1n) is 12.7. The molecule has 11 heteroatoms. The second-order valence-electron chi connectivity index (χ2n) is 10.5. The summed E-state index contributed by atoms with van der Waals surface area (Å²) >= 11 is 6.09. The minimum Gasteiger partial charge on any atom is -0.490 e. The summed E-state index contributed by atoms with van der Waals surface area (Å²) in [5, 5.41) is 20.5. The van der Waals surface area contributed by atoms with E-state index < -0.39 is 5.60 Å². The molecule has 1 aliphatic heterocycles. The van der Waals surface area contributed by atoms with Crippen molar-refractivity contribution in [2.75, 3.05) is 13.1 Å². The van der Waals surface area contributed by atoms with Crippen molar-refractivity contribution in [3.8, 4) is 17.7 Å². The molecule has 1 aromatic carbocycles. The number of likely N-dealkylation sites (tertiary alicyclic amines) is 1. The molecule has 0 bridgehead atoms. The van der Waals surface area contributed by atoms with Gasteiger partial charge in [0.2, 0.25) is 5.88 Å². The van der Waals surface area contributed by atoms with E-state index in [1.54, 1.807) is 35.2 Å². The fourth-order valence-corrected chi connectivity index (χ4v) is 4.64. The zero-order valence-electron chi connectivity index (χ0n) is 21.8. The number of benzene rings is 1. The summed E-state index contributed by atoms with van der Waals surface area (Å²) < 4.78 is 17.3. The van der Waals surface area contributed by atoms with E-state index in [0.29, 0.717) is 41.7 Å².